The minimum atomic E-state index is -0.358. The molecule has 16 heavy (non-hydrogen) atoms. The van der Waals surface area contributed by atoms with E-state index in [-0.39, 0.29) is 17.7 Å². The summed E-state index contributed by atoms with van der Waals surface area (Å²) in [4.78, 5) is 0. The highest BCUT2D eigenvalue weighted by atomic mass is 19.1. The van der Waals surface area contributed by atoms with Gasteiger partial charge in [0.2, 0.25) is 0 Å². The van der Waals surface area contributed by atoms with Crippen LogP contribution in [0.25, 0.3) is 0 Å². The lowest BCUT2D eigenvalue weighted by Crippen LogP contribution is -1.96. The predicted molar refractivity (Wildman–Crippen MR) is 60.0 cm³/mol. The molecular weight excluding hydrogens is 207 g/mol. The Morgan fingerprint density at radius 1 is 1.50 bits per heavy atom. The second-order valence-electron chi connectivity index (χ2n) is 4.04. The summed E-state index contributed by atoms with van der Waals surface area (Å²) in [6.07, 6.45) is 3.61. The highest BCUT2D eigenvalue weighted by Crippen LogP contribution is 2.26. The quantitative estimate of drug-likeness (QED) is 0.796. The molecule has 0 spiro atoms. The number of hydrogen-bond acceptors (Lipinski definition) is 2. The van der Waals surface area contributed by atoms with E-state index in [1.165, 1.54) is 7.11 Å². The minimum Gasteiger partial charge on any atom is -0.494 e. The molecule has 0 aromatic heterocycles. The molecule has 2 rings (SSSR count). The second kappa shape index (κ2) is 4.66. The van der Waals surface area contributed by atoms with Gasteiger partial charge < -0.3 is 9.84 Å². The van der Waals surface area contributed by atoms with E-state index in [9.17, 15) is 9.50 Å². The molecule has 0 radical (unpaired) electrons. The summed E-state index contributed by atoms with van der Waals surface area (Å²) in [5.41, 5.74) is 1.72. The molecular formula is C13H15FO2. The van der Waals surface area contributed by atoms with Crippen molar-refractivity contribution in [1.82, 2.24) is 0 Å². The van der Waals surface area contributed by atoms with Gasteiger partial charge in [0.15, 0.2) is 11.6 Å². The van der Waals surface area contributed by atoms with Crippen molar-refractivity contribution in [3.63, 3.8) is 0 Å². The minimum absolute atomic E-state index is 0.275. The first kappa shape index (κ1) is 11.1. The molecule has 0 saturated heterocycles. The fourth-order valence-electron chi connectivity index (χ4n) is 2.01. The smallest absolute Gasteiger partial charge is 0.168 e. The number of methoxy groups -OCH3 is 1. The highest BCUT2D eigenvalue weighted by Gasteiger charge is 2.15. The van der Waals surface area contributed by atoms with E-state index in [4.69, 9.17) is 4.74 Å². The van der Waals surface area contributed by atoms with Crippen LogP contribution in [0.1, 0.15) is 18.4 Å². The number of ether oxygens (including phenoxy) is 1. The van der Waals surface area contributed by atoms with Gasteiger partial charge in [-0.05, 0) is 30.9 Å². The summed E-state index contributed by atoms with van der Waals surface area (Å²) in [5.74, 6) is -0.0241. The average Bonchev–Trinajstić information content (AvgIpc) is 2.67. The van der Waals surface area contributed by atoms with Crippen LogP contribution in [0, 0.1) is 5.82 Å². The predicted octanol–water partition coefficient (Wildman–Crippen LogP) is 2.46. The zero-order valence-corrected chi connectivity index (χ0v) is 9.24. The fraction of sp³-hybridized carbons (Fsp3) is 0.385. The summed E-state index contributed by atoms with van der Waals surface area (Å²) in [6, 6.07) is 5.14. The Kier molecular flexibility index (Phi) is 3.25. The van der Waals surface area contributed by atoms with Crippen molar-refractivity contribution in [1.29, 1.82) is 0 Å². The van der Waals surface area contributed by atoms with Crippen LogP contribution in [0.2, 0.25) is 0 Å². The van der Waals surface area contributed by atoms with Crippen LogP contribution in [-0.4, -0.2) is 18.3 Å². The van der Waals surface area contributed by atoms with E-state index in [1.54, 1.807) is 18.2 Å². The topological polar surface area (TPSA) is 29.5 Å². The number of aliphatic hydroxyl groups excluding tert-OH is 1. The zero-order chi connectivity index (χ0) is 11.5. The molecule has 1 unspecified atom stereocenters. The van der Waals surface area contributed by atoms with E-state index in [0.29, 0.717) is 12.0 Å². The molecule has 0 fully saturated rings. The maximum atomic E-state index is 13.8. The molecule has 2 nitrogen and oxygen atoms in total. The van der Waals surface area contributed by atoms with Crippen molar-refractivity contribution >= 4 is 0 Å². The molecule has 1 aliphatic rings. The van der Waals surface area contributed by atoms with E-state index in [2.05, 4.69) is 0 Å². The van der Waals surface area contributed by atoms with Gasteiger partial charge >= 0.3 is 0 Å². The Bertz CT molecular complexity index is 412. The first-order valence-electron chi connectivity index (χ1n) is 5.39. The van der Waals surface area contributed by atoms with Crippen molar-refractivity contribution in [3.8, 4) is 5.75 Å². The molecule has 86 valence electrons. The standard InChI is InChI=1S/C13H15FO2/c1-16-12-4-2-3-10(13(12)14)7-9-5-6-11(15)8-9/h2-4,8,11,15H,5-7H2,1H3. The van der Waals surface area contributed by atoms with Crippen LogP contribution in [0.4, 0.5) is 4.39 Å². The fourth-order valence-corrected chi connectivity index (χ4v) is 2.01. The van der Waals surface area contributed by atoms with Crippen molar-refractivity contribution in [3.05, 3.63) is 41.2 Å². The van der Waals surface area contributed by atoms with E-state index in [1.807, 2.05) is 6.08 Å². The van der Waals surface area contributed by atoms with Gasteiger partial charge in [0, 0.05) is 0 Å². The first-order valence-corrected chi connectivity index (χ1v) is 5.39. The van der Waals surface area contributed by atoms with Crippen LogP contribution in [0.5, 0.6) is 5.75 Å². The molecule has 3 heteroatoms. The largest absolute Gasteiger partial charge is 0.494 e. The number of benzene rings is 1. The van der Waals surface area contributed by atoms with Crippen molar-refractivity contribution in [2.75, 3.05) is 7.11 Å². The highest BCUT2D eigenvalue weighted by molar-refractivity contribution is 5.34. The Morgan fingerprint density at radius 2 is 2.31 bits per heavy atom. The van der Waals surface area contributed by atoms with E-state index >= 15 is 0 Å². The lowest BCUT2D eigenvalue weighted by molar-refractivity contribution is 0.223. The van der Waals surface area contributed by atoms with Gasteiger partial charge in [-0.15, -0.1) is 0 Å². The van der Waals surface area contributed by atoms with Gasteiger partial charge in [0.1, 0.15) is 0 Å². The monoisotopic (exact) mass is 222 g/mol. The summed E-state index contributed by atoms with van der Waals surface area (Å²) >= 11 is 0. The van der Waals surface area contributed by atoms with Crippen molar-refractivity contribution < 1.29 is 14.2 Å². The number of rotatable bonds is 3. The summed E-state index contributed by atoms with van der Waals surface area (Å²) < 4.78 is 18.7. The second-order valence-corrected chi connectivity index (χ2v) is 4.04. The third kappa shape index (κ3) is 2.25. The molecule has 1 aromatic carbocycles. The van der Waals surface area contributed by atoms with Gasteiger partial charge in [0.05, 0.1) is 13.2 Å². The number of hydrogen-bond donors (Lipinski definition) is 1. The van der Waals surface area contributed by atoms with Crippen LogP contribution in [0.3, 0.4) is 0 Å². The Hall–Kier alpha value is -1.35. The molecule has 1 aromatic rings. The van der Waals surface area contributed by atoms with Crippen molar-refractivity contribution in [2.45, 2.75) is 25.4 Å². The number of aliphatic hydroxyl groups is 1. The summed E-state index contributed by atoms with van der Waals surface area (Å²) in [7, 11) is 1.46. The van der Waals surface area contributed by atoms with Crippen molar-refractivity contribution in [2.24, 2.45) is 0 Å². The van der Waals surface area contributed by atoms with E-state index in [0.717, 1.165) is 18.4 Å². The maximum Gasteiger partial charge on any atom is 0.168 e. The third-order valence-electron chi connectivity index (χ3n) is 2.87. The zero-order valence-electron chi connectivity index (χ0n) is 9.24. The normalized spacial score (nSPS) is 19.7. The Balaban J connectivity index is 2.18. The Morgan fingerprint density at radius 3 is 2.94 bits per heavy atom. The lowest BCUT2D eigenvalue weighted by atomic mass is 10.0. The molecule has 0 aliphatic heterocycles. The van der Waals surface area contributed by atoms with Gasteiger partial charge in [-0.3, -0.25) is 0 Å². The maximum absolute atomic E-state index is 13.8. The average molecular weight is 222 g/mol. The van der Waals surface area contributed by atoms with Crippen LogP contribution in [-0.2, 0) is 6.42 Å². The van der Waals surface area contributed by atoms with Gasteiger partial charge in [-0.1, -0.05) is 23.8 Å². The van der Waals surface area contributed by atoms with Crippen LogP contribution in [0.15, 0.2) is 29.8 Å². The first-order chi connectivity index (χ1) is 7.70. The lowest BCUT2D eigenvalue weighted by Gasteiger charge is -2.07. The number of allylic oxidation sites excluding steroid dienone is 1. The molecule has 1 aliphatic carbocycles. The van der Waals surface area contributed by atoms with Crippen LogP contribution < -0.4 is 4.74 Å². The SMILES string of the molecule is COc1cccc(CC2=CC(O)CC2)c1F. The van der Waals surface area contributed by atoms with Gasteiger partial charge in [0.25, 0.3) is 0 Å². The van der Waals surface area contributed by atoms with Gasteiger partial charge in [-0.25, -0.2) is 4.39 Å². The van der Waals surface area contributed by atoms with Crippen LogP contribution >= 0.6 is 0 Å². The van der Waals surface area contributed by atoms with Gasteiger partial charge in [-0.2, -0.15) is 0 Å². The third-order valence-corrected chi connectivity index (χ3v) is 2.87. The number of halogens is 1. The summed E-state index contributed by atoms with van der Waals surface area (Å²) in [6.45, 7) is 0. The molecule has 0 bridgehead atoms. The molecule has 0 saturated carbocycles. The molecule has 0 heterocycles. The molecule has 1 N–H and O–H groups in total. The van der Waals surface area contributed by atoms with E-state index < -0.39 is 0 Å². The summed E-state index contributed by atoms with van der Waals surface area (Å²) in [5, 5.41) is 9.35. The molecule has 1 atom stereocenters. The molecule has 0 amide bonds. The Labute approximate surface area is 94.4 Å².